The number of ether oxygens (including phenoxy) is 4. The van der Waals surface area contributed by atoms with Crippen molar-refractivity contribution < 1.29 is 27.4 Å². The summed E-state index contributed by atoms with van der Waals surface area (Å²) in [5.41, 5.74) is 1.06. The van der Waals surface area contributed by atoms with Gasteiger partial charge in [-0.25, -0.2) is 8.42 Å². The van der Waals surface area contributed by atoms with E-state index in [1.54, 1.807) is 54.0 Å². The van der Waals surface area contributed by atoms with Crippen LogP contribution in [-0.4, -0.2) is 51.1 Å². The number of nitrogens with one attached hydrogen (secondary N) is 1. The van der Waals surface area contributed by atoms with Crippen LogP contribution in [0.4, 0.5) is 5.95 Å². The molecule has 1 N–H and O–H groups in total. The van der Waals surface area contributed by atoms with E-state index < -0.39 is 15.3 Å². The fraction of sp³-hybridized carbons (Fsp3) is 0.391. The van der Waals surface area contributed by atoms with Gasteiger partial charge in [-0.1, -0.05) is 18.2 Å². The number of benzene rings is 2. The lowest BCUT2D eigenvalue weighted by Crippen LogP contribution is -2.22. The highest BCUT2D eigenvalue weighted by Crippen LogP contribution is 2.39. The maximum absolute atomic E-state index is 13.4. The maximum atomic E-state index is 13.4. The van der Waals surface area contributed by atoms with Crippen molar-refractivity contribution in [3.05, 3.63) is 53.9 Å². The molecular weight excluding hydrogens is 460 g/mol. The fourth-order valence-electron chi connectivity index (χ4n) is 3.91. The zero-order chi connectivity index (χ0) is 24.3. The molecule has 0 bridgehead atoms. The molecule has 11 heteroatoms. The van der Waals surface area contributed by atoms with Gasteiger partial charge < -0.3 is 18.9 Å². The third kappa shape index (κ3) is 4.53. The van der Waals surface area contributed by atoms with Gasteiger partial charge in [0.05, 0.1) is 21.3 Å². The summed E-state index contributed by atoms with van der Waals surface area (Å²) in [4.78, 5) is 0. The van der Waals surface area contributed by atoms with Crippen LogP contribution < -0.4 is 18.9 Å². The summed E-state index contributed by atoms with van der Waals surface area (Å²) in [5.74, 6) is 2.00. The summed E-state index contributed by atoms with van der Waals surface area (Å²) in [6.07, 6.45) is 1.27. The first-order chi connectivity index (χ1) is 16.4. The van der Waals surface area contributed by atoms with Crippen molar-refractivity contribution in [2.45, 2.75) is 31.1 Å². The second-order valence-electron chi connectivity index (χ2n) is 7.80. The second kappa shape index (κ2) is 9.90. The largest absolute Gasteiger partial charge is 0.497 e. The lowest BCUT2D eigenvalue weighted by molar-refractivity contribution is 0.103. The van der Waals surface area contributed by atoms with Crippen molar-refractivity contribution in [2.75, 3.05) is 32.7 Å². The van der Waals surface area contributed by atoms with Gasteiger partial charge in [-0.3, -0.25) is 9.29 Å². The van der Waals surface area contributed by atoms with E-state index in [1.807, 2.05) is 0 Å². The monoisotopic (exact) mass is 488 g/mol. The number of aromatic nitrogens is 3. The van der Waals surface area contributed by atoms with Crippen molar-refractivity contribution in [2.24, 2.45) is 0 Å². The van der Waals surface area contributed by atoms with Crippen LogP contribution in [0.5, 0.6) is 17.2 Å². The zero-order valence-corrected chi connectivity index (χ0v) is 20.3. The number of nitrogens with zero attached hydrogens (tertiary/aromatic N) is 3. The van der Waals surface area contributed by atoms with Gasteiger partial charge in [0, 0.05) is 6.61 Å². The highest BCUT2D eigenvalue weighted by atomic mass is 32.2. The van der Waals surface area contributed by atoms with E-state index in [-0.39, 0.29) is 12.1 Å². The molecule has 34 heavy (non-hydrogen) atoms. The number of rotatable bonds is 9. The average Bonchev–Trinajstić information content (AvgIpc) is 3.52. The van der Waals surface area contributed by atoms with E-state index in [0.29, 0.717) is 40.9 Å². The van der Waals surface area contributed by atoms with Gasteiger partial charge in [-0.15, -0.1) is 10.2 Å². The van der Waals surface area contributed by atoms with Crippen LogP contribution in [0.3, 0.4) is 0 Å². The summed E-state index contributed by atoms with van der Waals surface area (Å²) in [5, 5.41) is 7.60. The lowest BCUT2D eigenvalue weighted by Gasteiger charge is -2.20. The summed E-state index contributed by atoms with van der Waals surface area (Å²) in [6, 6.07) is 12.2. The SMILES string of the molecule is COc1cccc([C@@H](C)S(=O)(=O)Nc2nnc([C@@H]3CCCO3)n2-c2c(OC)cccc2OC)c1. The number of para-hydroxylation sites is 1. The standard InChI is InChI=1S/C23H28N4O6S/c1-15(16-8-5-9-17(14-16)30-2)34(28,29)26-23-25-24-22(20-12-7-13-33-20)27(23)21-18(31-3)10-6-11-19(21)32-4/h5-6,8-11,14-15,20H,7,12-13H2,1-4H3,(H,25,26)/t15-,20+/m1/s1. The van der Waals surface area contributed by atoms with Gasteiger partial charge in [0.2, 0.25) is 16.0 Å². The fourth-order valence-corrected chi connectivity index (χ4v) is 4.98. The molecule has 0 saturated carbocycles. The number of sulfonamides is 1. The minimum atomic E-state index is -3.92. The smallest absolute Gasteiger partial charge is 0.243 e. The summed E-state index contributed by atoms with van der Waals surface area (Å²) in [6.45, 7) is 2.19. The Hall–Kier alpha value is -3.31. The van der Waals surface area contributed by atoms with Crippen molar-refractivity contribution in [3.63, 3.8) is 0 Å². The molecule has 1 aliphatic rings. The summed E-state index contributed by atoms with van der Waals surface area (Å²) < 4.78 is 53.2. The van der Waals surface area contributed by atoms with Gasteiger partial charge >= 0.3 is 0 Å². The van der Waals surface area contributed by atoms with Gasteiger partial charge in [0.25, 0.3) is 0 Å². The first-order valence-corrected chi connectivity index (χ1v) is 12.4. The summed E-state index contributed by atoms with van der Waals surface area (Å²) in [7, 11) is 0.673. The molecule has 182 valence electrons. The molecule has 1 fully saturated rings. The minimum Gasteiger partial charge on any atom is -0.497 e. The maximum Gasteiger partial charge on any atom is 0.243 e. The zero-order valence-electron chi connectivity index (χ0n) is 19.5. The van der Waals surface area contributed by atoms with Crippen LogP contribution in [0.1, 0.15) is 42.5 Å². The van der Waals surface area contributed by atoms with Crippen LogP contribution in [0.25, 0.3) is 5.69 Å². The van der Waals surface area contributed by atoms with E-state index in [1.165, 1.54) is 21.3 Å². The molecule has 10 nitrogen and oxygen atoms in total. The van der Waals surface area contributed by atoms with E-state index in [9.17, 15) is 8.42 Å². The molecule has 0 unspecified atom stereocenters. The van der Waals surface area contributed by atoms with Crippen LogP contribution in [-0.2, 0) is 14.8 Å². The first kappa shape index (κ1) is 23.8. The Morgan fingerprint density at radius 3 is 2.38 bits per heavy atom. The molecular formula is C23H28N4O6S. The predicted molar refractivity (Wildman–Crippen MR) is 126 cm³/mol. The quantitative estimate of drug-likeness (QED) is 0.486. The number of anilines is 1. The molecule has 1 aliphatic heterocycles. The van der Waals surface area contributed by atoms with Crippen LogP contribution in [0.2, 0.25) is 0 Å². The predicted octanol–water partition coefficient (Wildman–Crippen LogP) is 3.65. The Morgan fingerprint density at radius 1 is 1.06 bits per heavy atom. The molecule has 0 amide bonds. The van der Waals surface area contributed by atoms with Crippen molar-refractivity contribution in [1.29, 1.82) is 0 Å². The van der Waals surface area contributed by atoms with Crippen LogP contribution in [0, 0.1) is 0 Å². The van der Waals surface area contributed by atoms with Gasteiger partial charge in [0.1, 0.15) is 34.3 Å². The molecule has 0 aliphatic carbocycles. The van der Waals surface area contributed by atoms with E-state index >= 15 is 0 Å². The van der Waals surface area contributed by atoms with Crippen molar-refractivity contribution in [1.82, 2.24) is 14.8 Å². The Bertz CT molecular complexity index is 1230. The Morgan fingerprint density at radius 2 is 1.76 bits per heavy atom. The molecule has 2 aromatic carbocycles. The van der Waals surface area contributed by atoms with Gasteiger partial charge in [-0.05, 0) is 49.6 Å². The topological polar surface area (TPSA) is 114 Å². The molecule has 1 aromatic heterocycles. The Kier molecular flexibility index (Phi) is 6.94. The van der Waals surface area contributed by atoms with Crippen molar-refractivity contribution >= 4 is 16.0 Å². The molecule has 0 spiro atoms. The lowest BCUT2D eigenvalue weighted by atomic mass is 10.1. The Labute approximate surface area is 198 Å². The highest BCUT2D eigenvalue weighted by Gasteiger charge is 2.32. The molecule has 0 radical (unpaired) electrons. The van der Waals surface area contributed by atoms with Gasteiger partial charge in [0.15, 0.2) is 5.82 Å². The molecule has 2 heterocycles. The first-order valence-electron chi connectivity index (χ1n) is 10.8. The summed E-state index contributed by atoms with van der Waals surface area (Å²) >= 11 is 0. The van der Waals surface area contributed by atoms with Crippen molar-refractivity contribution in [3.8, 4) is 22.9 Å². The molecule has 4 rings (SSSR count). The Balaban J connectivity index is 1.80. The third-order valence-corrected chi connectivity index (χ3v) is 7.46. The van der Waals surface area contributed by atoms with Crippen LogP contribution >= 0.6 is 0 Å². The molecule has 3 aromatic rings. The van der Waals surface area contributed by atoms with E-state index in [4.69, 9.17) is 18.9 Å². The third-order valence-electron chi connectivity index (χ3n) is 5.79. The minimum absolute atomic E-state index is 0.0167. The number of methoxy groups -OCH3 is 3. The van der Waals surface area contributed by atoms with E-state index in [2.05, 4.69) is 14.9 Å². The average molecular weight is 489 g/mol. The second-order valence-corrected chi connectivity index (χ2v) is 9.80. The number of hydrogen-bond acceptors (Lipinski definition) is 8. The highest BCUT2D eigenvalue weighted by molar-refractivity contribution is 7.92. The molecule has 1 saturated heterocycles. The van der Waals surface area contributed by atoms with E-state index in [0.717, 1.165) is 12.8 Å². The normalized spacial score (nSPS) is 16.8. The van der Waals surface area contributed by atoms with Crippen LogP contribution in [0.15, 0.2) is 42.5 Å². The molecule has 2 atom stereocenters. The number of hydrogen-bond donors (Lipinski definition) is 1. The van der Waals surface area contributed by atoms with Gasteiger partial charge in [-0.2, -0.15) is 0 Å².